The first-order valence-electron chi connectivity index (χ1n) is 6.31. The van der Waals surface area contributed by atoms with E-state index in [0.29, 0.717) is 13.0 Å². The van der Waals surface area contributed by atoms with Crippen molar-refractivity contribution in [2.75, 3.05) is 19.7 Å². The number of piperidine rings is 1. The van der Waals surface area contributed by atoms with Crippen molar-refractivity contribution < 1.29 is 19.7 Å². The highest BCUT2D eigenvalue weighted by molar-refractivity contribution is 5.72. The standard InChI is InChI=1S/C12H21NO4/c1-9(11(15)16)13-5-3-12(4-6-13)8-10(14)2-7-17-12/h9-10,14H,2-8H2,1H3,(H,15,16)/t9-,10-/m0/s1. The molecule has 0 unspecified atom stereocenters. The Morgan fingerprint density at radius 1 is 1.47 bits per heavy atom. The average molecular weight is 243 g/mol. The van der Waals surface area contributed by atoms with Crippen LogP contribution >= 0.6 is 0 Å². The van der Waals surface area contributed by atoms with Crippen LogP contribution in [-0.4, -0.2) is 58.5 Å². The van der Waals surface area contributed by atoms with E-state index in [1.807, 2.05) is 4.90 Å². The second-order valence-corrected chi connectivity index (χ2v) is 5.23. The summed E-state index contributed by atoms with van der Waals surface area (Å²) < 4.78 is 5.83. The molecule has 0 amide bonds. The van der Waals surface area contributed by atoms with Crippen LogP contribution in [-0.2, 0) is 9.53 Å². The molecule has 2 N–H and O–H groups in total. The first-order chi connectivity index (χ1) is 8.02. The fraction of sp³-hybridized carbons (Fsp3) is 0.917. The van der Waals surface area contributed by atoms with Gasteiger partial charge in [0.05, 0.1) is 11.7 Å². The van der Waals surface area contributed by atoms with E-state index in [9.17, 15) is 9.90 Å². The van der Waals surface area contributed by atoms with Gasteiger partial charge in [0.2, 0.25) is 0 Å². The molecule has 0 aromatic heterocycles. The molecule has 0 aromatic carbocycles. The van der Waals surface area contributed by atoms with Crippen molar-refractivity contribution in [2.45, 2.75) is 50.4 Å². The molecule has 98 valence electrons. The first-order valence-corrected chi connectivity index (χ1v) is 6.31. The third-order valence-electron chi connectivity index (χ3n) is 4.08. The van der Waals surface area contributed by atoms with Gasteiger partial charge in [0.15, 0.2) is 0 Å². The number of carboxylic acid groups (broad SMARTS) is 1. The van der Waals surface area contributed by atoms with E-state index in [4.69, 9.17) is 9.84 Å². The summed E-state index contributed by atoms with van der Waals surface area (Å²) in [7, 11) is 0. The van der Waals surface area contributed by atoms with E-state index >= 15 is 0 Å². The first kappa shape index (κ1) is 12.8. The Hall–Kier alpha value is -0.650. The van der Waals surface area contributed by atoms with E-state index in [2.05, 4.69) is 0 Å². The van der Waals surface area contributed by atoms with Crippen LogP contribution in [0, 0.1) is 0 Å². The van der Waals surface area contributed by atoms with Crippen LogP contribution in [0.2, 0.25) is 0 Å². The smallest absolute Gasteiger partial charge is 0.320 e. The van der Waals surface area contributed by atoms with Gasteiger partial charge < -0.3 is 14.9 Å². The van der Waals surface area contributed by atoms with Crippen LogP contribution in [0.15, 0.2) is 0 Å². The summed E-state index contributed by atoms with van der Waals surface area (Å²) in [5.41, 5.74) is -0.202. The minimum Gasteiger partial charge on any atom is -0.480 e. The SMILES string of the molecule is C[C@@H](C(=O)O)N1CCC2(CC1)C[C@@H](O)CCO2. The summed E-state index contributed by atoms with van der Waals surface area (Å²) in [6, 6.07) is -0.430. The molecule has 2 rings (SSSR count). The third-order valence-corrected chi connectivity index (χ3v) is 4.08. The molecule has 5 nitrogen and oxygen atoms in total. The monoisotopic (exact) mass is 243 g/mol. The minimum atomic E-state index is -0.773. The normalized spacial score (nSPS) is 31.3. The molecule has 0 aliphatic carbocycles. The summed E-state index contributed by atoms with van der Waals surface area (Å²) in [6.07, 6.45) is 2.80. The highest BCUT2D eigenvalue weighted by Gasteiger charge is 2.41. The number of likely N-dealkylation sites (tertiary alicyclic amines) is 1. The zero-order valence-corrected chi connectivity index (χ0v) is 10.3. The largest absolute Gasteiger partial charge is 0.480 e. The zero-order chi connectivity index (χ0) is 12.5. The molecule has 17 heavy (non-hydrogen) atoms. The molecule has 2 atom stereocenters. The highest BCUT2D eigenvalue weighted by Crippen LogP contribution is 2.35. The van der Waals surface area contributed by atoms with Gasteiger partial charge in [-0.15, -0.1) is 0 Å². The van der Waals surface area contributed by atoms with E-state index in [0.717, 1.165) is 32.4 Å². The molecule has 0 bridgehead atoms. The van der Waals surface area contributed by atoms with Gasteiger partial charge in [0.25, 0.3) is 0 Å². The minimum absolute atomic E-state index is 0.202. The molecule has 5 heteroatoms. The van der Waals surface area contributed by atoms with E-state index < -0.39 is 12.0 Å². The number of nitrogens with zero attached hydrogens (tertiary/aromatic N) is 1. The fourth-order valence-electron chi connectivity index (χ4n) is 2.83. The lowest BCUT2D eigenvalue weighted by Crippen LogP contribution is -2.53. The van der Waals surface area contributed by atoms with Crippen LogP contribution in [0.25, 0.3) is 0 Å². The lowest BCUT2D eigenvalue weighted by molar-refractivity contribution is -0.156. The number of carbonyl (C=O) groups is 1. The Kier molecular flexibility index (Phi) is 3.70. The van der Waals surface area contributed by atoms with Gasteiger partial charge in [-0.1, -0.05) is 0 Å². The maximum Gasteiger partial charge on any atom is 0.320 e. The molecular formula is C12H21NO4. The Morgan fingerprint density at radius 3 is 2.65 bits per heavy atom. The average Bonchev–Trinajstić information content (AvgIpc) is 2.29. The molecule has 2 saturated heterocycles. The molecular weight excluding hydrogens is 222 g/mol. The van der Waals surface area contributed by atoms with Crippen molar-refractivity contribution in [2.24, 2.45) is 0 Å². The molecule has 2 fully saturated rings. The Morgan fingerprint density at radius 2 is 2.12 bits per heavy atom. The van der Waals surface area contributed by atoms with Crippen molar-refractivity contribution in [1.29, 1.82) is 0 Å². The number of aliphatic hydroxyl groups is 1. The van der Waals surface area contributed by atoms with Crippen LogP contribution in [0.5, 0.6) is 0 Å². The molecule has 2 aliphatic heterocycles. The lowest BCUT2D eigenvalue weighted by atomic mass is 9.83. The van der Waals surface area contributed by atoms with Gasteiger partial charge >= 0.3 is 5.97 Å². The van der Waals surface area contributed by atoms with Crippen LogP contribution in [0.1, 0.15) is 32.6 Å². The van der Waals surface area contributed by atoms with Gasteiger partial charge in [0, 0.05) is 26.1 Å². The predicted molar refractivity (Wildman–Crippen MR) is 61.8 cm³/mol. The van der Waals surface area contributed by atoms with E-state index in [1.165, 1.54) is 0 Å². The number of aliphatic hydroxyl groups excluding tert-OH is 1. The lowest BCUT2D eigenvalue weighted by Gasteiger charge is -2.46. The van der Waals surface area contributed by atoms with Gasteiger partial charge in [-0.25, -0.2) is 0 Å². The predicted octanol–water partition coefficient (Wildman–Crippen LogP) is 0.465. The summed E-state index contributed by atoms with van der Waals surface area (Å²) in [6.45, 7) is 3.81. The number of hydrogen-bond acceptors (Lipinski definition) is 4. The number of carboxylic acids is 1. The maximum absolute atomic E-state index is 10.9. The van der Waals surface area contributed by atoms with Crippen molar-refractivity contribution in [3.63, 3.8) is 0 Å². The van der Waals surface area contributed by atoms with Gasteiger partial charge in [0.1, 0.15) is 6.04 Å². The van der Waals surface area contributed by atoms with Crippen LogP contribution in [0.3, 0.4) is 0 Å². The Balaban J connectivity index is 1.91. The van der Waals surface area contributed by atoms with Gasteiger partial charge in [-0.3, -0.25) is 9.69 Å². The van der Waals surface area contributed by atoms with Crippen molar-refractivity contribution >= 4 is 5.97 Å². The topological polar surface area (TPSA) is 70.0 Å². The quantitative estimate of drug-likeness (QED) is 0.737. The number of hydrogen-bond donors (Lipinski definition) is 2. The molecule has 0 saturated carbocycles. The summed E-state index contributed by atoms with van der Waals surface area (Å²) in [4.78, 5) is 12.9. The molecule has 2 heterocycles. The summed E-state index contributed by atoms with van der Waals surface area (Å²) in [5.74, 6) is -0.773. The van der Waals surface area contributed by atoms with Crippen molar-refractivity contribution in [1.82, 2.24) is 4.90 Å². The maximum atomic E-state index is 10.9. The Bertz CT molecular complexity index is 286. The molecule has 2 aliphatic rings. The summed E-state index contributed by atoms with van der Waals surface area (Å²) in [5, 5.41) is 18.7. The Labute approximate surface area is 101 Å². The molecule has 0 radical (unpaired) electrons. The second kappa shape index (κ2) is 4.92. The van der Waals surface area contributed by atoms with E-state index in [1.54, 1.807) is 6.92 Å². The van der Waals surface area contributed by atoms with Crippen LogP contribution in [0.4, 0.5) is 0 Å². The molecule has 1 spiro atoms. The summed E-state index contributed by atoms with van der Waals surface area (Å²) >= 11 is 0. The number of aliphatic carboxylic acids is 1. The van der Waals surface area contributed by atoms with Crippen LogP contribution < -0.4 is 0 Å². The van der Waals surface area contributed by atoms with Crippen molar-refractivity contribution in [3.05, 3.63) is 0 Å². The second-order valence-electron chi connectivity index (χ2n) is 5.23. The van der Waals surface area contributed by atoms with E-state index in [-0.39, 0.29) is 11.7 Å². The van der Waals surface area contributed by atoms with Gasteiger partial charge in [-0.2, -0.15) is 0 Å². The fourth-order valence-corrected chi connectivity index (χ4v) is 2.83. The number of ether oxygens (including phenoxy) is 1. The van der Waals surface area contributed by atoms with Gasteiger partial charge in [-0.05, 0) is 26.2 Å². The van der Waals surface area contributed by atoms with Crippen molar-refractivity contribution in [3.8, 4) is 0 Å². The number of rotatable bonds is 2. The zero-order valence-electron chi connectivity index (χ0n) is 10.3. The highest BCUT2D eigenvalue weighted by atomic mass is 16.5. The molecule has 0 aromatic rings. The third kappa shape index (κ3) is 2.78.